The van der Waals surface area contributed by atoms with E-state index in [4.69, 9.17) is 5.11 Å². The quantitative estimate of drug-likeness (QED) is 0.182. The molecule has 2 N–H and O–H groups in total. The van der Waals surface area contributed by atoms with Gasteiger partial charge in [-0.05, 0) is 39.8 Å². The Morgan fingerprint density at radius 3 is 1.72 bits per heavy atom. The molecule has 6 aromatic rings. The number of H-pyrrole nitrogens is 1. The fourth-order valence-corrected chi connectivity index (χ4v) is 11.6. The van der Waals surface area contributed by atoms with Crippen LogP contribution in [0.5, 0.6) is 0 Å². The maximum absolute atomic E-state index is 13.0. The molecule has 2 saturated heterocycles. The molecule has 64 heavy (non-hydrogen) atoms. The van der Waals surface area contributed by atoms with Gasteiger partial charge in [0.05, 0.1) is 60.8 Å². The molecule has 0 aliphatic carbocycles. The average Bonchev–Trinajstić information content (AvgIpc) is 4.03. The van der Waals surface area contributed by atoms with E-state index < -0.39 is 36.3 Å². The molecule has 0 saturated carbocycles. The lowest BCUT2D eigenvalue weighted by molar-refractivity contribution is 0.0753. The minimum absolute atomic E-state index is 0.0127. The Hall–Kier alpha value is -5.91. The lowest BCUT2D eigenvalue weighted by Crippen LogP contribution is -2.63. The van der Waals surface area contributed by atoms with E-state index in [9.17, 15) is 23.7 Å². The van der Waals surface area contributed by atoms with Gasteiger partial charge in [0.25, 0.3) is 0 Å². The third-order valence-corrected chi connectivity index (χ3v) is 14.9. The van der Waals surface area contributed by atoms with Gasteiger partial charge in [0.1, 0.15) is 49.2 Å². The average molecular weight is 913 g/mol. The number of nitrogens with zero attached hydrogens (tertiary/aromatic N) is 15. The fourth-order valence-electron chi connectivity index (χ4n) is 7.80. The first kappa shape index (κ1) is 47.6. The second kappa shape index (κ2) is 18.3. The van der Waals surface area contributed by atoms with Crippen LogP contribution in [0.2, 0.25) is 0 Å². The standard InChI is InChI=1S/C23H30N8O2S.C18H22N8OS.CH4O/c1-16(2)28-34(6,33)29-13-23(14-29,8-9-24)31-12-17(11-27-31)19-18-7-10-30(20(18)26-15-25-19)21(32)22(3,4)5;1-13(2)24-28(3,27)25-10-18(11-25,5-6-19)26-9-14(8-23-26)16-15-4-7-20-17(15)22-12-21-16;1-2/h7,10-12,15-16H,8,13-14H2,1-6H3;4,7-9,12-13H,5,10-11H2,1-3H3,(H,20,21,22);2H,1H3. The Morgan fingerprint density at radius 2 is 1.27 bits per heavy atom. The molecule has 20 nitrogen and oxygen atoms in total. The zero-order chi connectivity index (χ0) is 46.8. The van der Waals surface area contributed by atoms with E-state index in [0.717, 1.165) is 40.4 Å². The predicted octanol–water partition coefficient (Wildman–Crippen LogP) is 5.10. The molecule has 2 fully saturated rings. The van der Waals surface area contributed by atoms with Crippen LogP contribution in [0.4, 0.5) is 0 Å². The van der Waals surface area contributed by atoms with Gasteiger partial charge in [0.15, 0.2) is 5.65 Å². The molecule has 2 aliphatic heterocycles. The van der Waals surface area contributed by atoms with Gasteiger partial charge >= 0.3 is 0 Å². The molecule has 0 aromatic carbocycles. The van der Waals surface area contributed by atoms with Crippen molar-refractivity contribution in [3.63, 3.8) is 0 Å². The van der Waals surface area contributed by atoms with E-state index >= 15 is 0 Å². The van der Waals surface area contributed by atoms with Gasteiger partial charge in [-0.15, -0.1) is 0 Å². The molecule has 6 aromatic heterocycles. The van der Waals surface area contributed by atoms with Crippen molar-refractivity contribution >= 4 is 47.8 Å². The van der Waals surface area contributed by atoms with Gasteiger partial charge in [0.2, 0.25) is 5.91 Å². The number of aromatic nitrogens is 10. The van der Waals surface area contributed by atoms with Crippen LogP contribution in [0, 0.1) is 28.1 Å². The summed E-state index contributed by atoms with van der Waals surface area (Å²) in [4.78, 5) is 33.3. The molecule has 0 bridgehead atoms. The van der Waals surface area contributed by atoms with E-state index in [2.05, 4.69) is 56.0 Å². The Balaban J connectivity index is 0.000000208. The topological polar surface area (TPSA) is 258 Å². The van der Waals surface area contributed by atoms with Crippen molar-refractivity contribution in [1.82, 2.24) is 57.7 Å². The SMILES string of the molecule is CC(C)N=S(C)(=O)N1CC(CC#N)(n2cc(-c3ncnc4[nH]ccc34)cn2)C1.CC(C)N=S(C)(=O)N1CC(CC#N)(n2cc(-c3ncnc4c3ccn4C(=O)C(C)(C)C)cn2)C1.CO. The fraction of sp³-hybridized carbons (Fsp3) is 0.500. The van der Waals surface area contributed by atoms with Crippen LogP contribution in [0.1, 0.15) is 66.1 Å². The molecule has 2 atom stereocenters. The van der Waals surface area contributed by atoms with Crippen molar-refractivity contribution in [2.24, 2.45) is 14.1 Å². The second-order valence-electron chi connectivity index (χ2n) is 17.6. The zero-order valence-electron chi connectivity index (χ0n) is 37.9. The van der Waals surface area contributed by atoms with Crippen LogP contribution in [0.25, 0.3) is 44.6 Å². The number of aromatic amines is 1. The van der Waals surface area contributed by atoms with Gasteiger partial charge in [-0.1, -0.05) is 20.8 Å². The third-order valence-electron chi connectivity index (χ3n) is 10.8. The molecular formula is C42H56N16O4S2. The number of carbonyl (C=O) groups excluding carboxylic acids is 1. The Bertz CT molecular complexity index is 2980. The summed E-state index contributed by atoms with van der Waals surface area (Å²) in [5.41, 5.74) is 2.72. The maximum Gasteiger partial charge on any atom is 0.237 e. The van der Waals surface area contributed by atoms with Gasteiger partial charge < -0.3 is 10.1 Å². The van der Waals surface area contributed by atoms with E-state index in [1.807, 2.05) is 92.5 Å². The van der Waals surface area contributed by atoms with Gasteiger partial charge in [-0.25, -0.2) is 45.7 Å². The van der Waals surface area contributed by atoms with E-state index in [1.54, 1.807) is 40.4 Å². The summed E-state index contributed by atoms with van der Waals surface area (Å²) in [7, 11) is -3.96. The molecule has 0 amide bonds. The first-order valence-corrected chi connectivity index (χ1v) is 24.4. The van der Waals surface area contributed by atoms with Crippen molar-refractivity contribution in [1.29, 1.82) is 10.5 Å². The van der Waals surface area contributed by atoms with E-state index in [-0.39, 0.29) is 30.8 Å². The largest absolute Gasteiger partial charge is 0.400 e. The first-order chi connectivity index (χ1) is 30.2. The molecule has 2 aliphatic rings. The Labute approximate surface area is 374 Å². The summed E-state index contributed by atoms with van der Waals surface area (Å²) in [6.07, 6.45) is 17.5. The summed E-state index contributed by atoms with van der Waals surface area (Å²) in [6.45, 7) is 15.0. The highest BCUT2D eigenvalue weighted by Crippen LogP contribution is 2.38. The van der Waals surface area contributed by atoms with Crippen LogP contribution in [-0.4, -0.2) is 135 Å². The summed E-state index contributed by atoms with van der Waals surface area (Å²) in [6, 6.07) is 8.21. The number of hydrogen-bond donors (Lipinski definition) is 2. The van der Waals surface area contributed by atoms with Crippen LogP contribution in [0.3, 0.4) is 0 Å². The molecule has 0 radical (unpaired) electrons. The number of aliphatic hydroxyl groups is 1. The minimum atomic E-state index is -2.51. The molecule has 0 spiro atoms. The van der Waals surface area contributed by atoms with Gasteiger partial charge in [0, 0.05) is 97.9 Å². The molecule has 22 heteroatoms. The number of nitrogens with one attached hydrogen (secondary N) is 1. The Morgan fingerprint density at radius 1 is 0.797 bits per heavy atom. The summed E-state index contributed by atoms with van der Waals surface area (Å²) < 4.78 is 43.4. The zero-order valence-corrected chi connectivity index (χ0v) is 39.5. The van der Waals surface area contributed by atoms with Gasteiger partial charge in [-0.3, -0.25) is 18.7 Å². The number of rotatable bonds is 10. The number of carbonyl (C=O) groups is 1. The van der Waals surface area contributed by atoms with Crippen molar-refractivity contribution in [3.8, 4) is 34.7 Å². The third kappa shape index (κ3) is 9.33. The summed E-state index contributed by atoms with van der Waals surface area (Å²) in [5.74, 6) is -0.0552. The number of nitriles is 2. The van der Waals surface area contributed by atoms with Crippen molar-refractivity contribution in [2.75, 3.05) is 45.8 Å². The van der Waals surface area contributed by atoms with Crippen molar-refractivity contribution in [2.45, 2.75) is 84.5 Å². The lowest BCUT2D eigenvalue weighted by Gasteiger charge is -2.48. The second-order valence-corrected chi connectivity index (χ2v) is 22.2. The maximum atomic E-state index is 13.0. The molecule has 2 unspecified atom stereocenters. The summed E-state index contributed by atoms with van der Waals surface area (Å²) >= 11 is 0. The lowest BCUT2D eigenvalue weighted by atomic mass is 9.89. The highest BCUT2D eigenvalue weighted by Gasteiger charge is 2.49. The smallest absolute Gasteiger partial charge is 0.237 e. The predicted molar refractivity (Wildman–Crippen MR) is 245 cm³/mol. The highest BCUT2D eigenvalue weighted by molar-refractivity contribution is 7.91. The number of hydrogen-bond acceptors (Lipinski definition) is 14. The first-order valence-electron chi connectivity index (χ1n) is 20.6. The van der Waals surface area contributed by atoms with Crippen LogP contribution in [0.15, 0.2) is 70.7 Å². The summed E-state index contributed by atoms with van der Waals surface area (Å²) in [5, 5.41) is 36.6. The normalized spacial score (nSPS) is 17.7. The number of fused-ring (bicyclic) bond motifs is 2. The molecule has 340 valence electrons. The number of aliphatic hydroxyl groups excluding tert-OH is 1. The Kier molecular flexibility index (Phi) is 13.6. The molecule has 8 heterocycles. The van der Waals surface area contributed by atoms with E-state index in [1.165, 1.54) is 12.7 Å². The van der Waals surface area contributed by atoms with E-state index in [0.29, 0.717) is 37.5 Å². The minimum Gasteiger partial charge on any atom is -0.400 e. The van der Waals surface area contributed by atoms with Crippen LogP contribution < -0.4 is 0 Å². The van der Waals surface area contributed by atoms with Crippen LogP contribution >= 0.6 is 0 Å². The molecule has 8 rings (SSSR count). The van der Waals surface area contributed by atoms with Crippen LogP contribution in [-0.2, 0) is 30.9 Å². The highest BCUT2D eigenvalue weighted by atomic mass is 32.2. The van der Waals surface area contributed by atoms with Gasteiger partial charge in [-0.2, -0.15) is 20.7 Å². The monoisotopic (exact) mass is 912 g/mol. The van der Waals surface area contributed by atoms with Crippen molar-refractivity contribution < 1.29 is 18.3 Å². The van der Waals surface area contributed by atoms with Crippen molar-refractivity contribution in [3.05, 3.63) is 62.0 Å². The molecular weight excluding hydrogens is 857 g/mol.